The van der Waals surface area contributed by atoms with Crippen LogP contribution in [0.25, 0.3) is 0 Å². The summed E-state index contributed by atoms with van der Waals surface area (Å²) in [6.07, 6.45) is 2.78. The SMILES string of the molecule is Cc1nc(CNCCCOC2CCN(C(=O)OC(C)(C)C)CC2)cs1. The van der Waals surface area contributed by atoms with Crippen molar-refractivity contribution in [3.8, 4) is 0 Å². The average Bonchev–Trinajstić information content (AvgIpc) is 2.95. The van der Waals surface area contributed by atoms with E-state index in [1.165, 1.54) is 0 Å². The number of nitrogens with zero attached hydrogens (tertiary/aromatic N) is 2. The number of ether oxygens (including phenoxy) is 2. The van der Waals surface area contributed by atoms with Crippen molar-refractivity contribution in [1.29, 1.82) is 0 Å². The monoisotopic (exact) mass is 369 g/mol. The highest BCUT2D eigenvalue weighted by Gasteiger charge is 2.26. The molecule has 0 aliphatic carbocycles. The van der Waals surface area contributed by atoms with Crippen molar-refractivity contribution in [3.05, 3.63) is 16.1 Å². The second kappa shape index (κ2) is 9.50. The zero-order chi connectivity index (χ0) is 18.3. The van der Waals surface area contributed by atoms with Crippen LogP contribution >= 0.6 is 11.3 Å². The molecule has 1 aliphatic heterocycles. The van der Waals surface area contributed by atoms with Crippen molar-refractivity contribution < 1.29 is 14.3 Å². The van der Waals surface area contributed by atoms with Crippen molar-refractivity contribution in [2.75, 3.05) is 26.2 Å². The molecule has 0 bridgehead atoms. The molecule has 142 valence electrons. The molecule has 0 atom stereocenters. The van der Waals surface area contributed by atoms with Crippen LogP contribution in [0.4, 0.5) is 4.79 Å². The molecule has 0 unspecified atom stereocenters. The number of thiazole rings is 1. The fraction of sp³-hybridized carbons (Fsp3) is 0.778. The molecule has 1 amide bonds. The van der Waals surface area contributed by atoms with Gasteiger partial charge < -0.3 is 19.7 Å². The Morgan fingerprint density at radius 1 is 1.40 bits per heavy atom. The molecule has 1 aliphatic rings. The third kappa shape index (κ3) is 7.71. The van der Waals surface area contributed by atoms with Gasteiger partial charge >= 0.3 is 6.09 Å². The Kier molecular flexibility index (Phi) is 7.65. The van der Waals surface area contributed by atoms with Crippen LogP contribution in [-0.2, 0) is 16.0 Å². The molecule has 1 N–H and O–H groups in total. The van der Waals surface area contributed by atoms with E-state index < -0.39 is 5.60 Å². The molecule has 0 spiro atoms. The van der Waals surface area contributed by atoms with E-state index in [0.29, 0.717) is 13.1 Å². The van der Waals surface area contributed by atoms with Gasteiger partial charge in [0.25, 0.3) is 0 Å². The molecule has 7 heteroatoms. The quantitative estimate of drug-likeness (QED) is 0.747. The van der Waals surface area contributed by atoms with Crippen molar-refractivity contribution in [1.82, 2.24) is 15.2 Å². The lowest BCUT2D eigenvalue weighted by molar-refractivity contribution is -0.0117. The normalized spacial score (nSPS) is 16.2. The van der Waals surface area contributed by atoms with E-state index >= 15 is 0 Å². The molecule has 1 aromatic rings. The summed E-state index contributed by atoms with van der Waals surface area (Å²) in [6, 6.07) is 0. The lowest BCUT2D eigenvalue weighted by Crippen LogP contribution is -2.43. The van der Waals surface area contributed by atoms with Crippen molar-refractivity contribution in [2.45, 2.75) is 65.2 Å². The Bertz CT molecular complexity index is 534. The van der Waals surface area contributed by atoms with Gasteiger partial charge in [-0.15, -0.1) is 11.3 Å². The fourth-order valence-corrected chi connectivity index (χ4v) is 3.30. The number of carbonyl (C=O) groups excluding carboxylic acids is 1. The lowest BCUT2D eigenvalue weighted by atomic mass is 10.1. The first-order valence-electron chi connectivity index (χ1n) is 9.05. The Balaban J connectivity index is 1.51. The topological polar surface area (TPSA) is 63.7 Å². The highest BCUT2D eigenvalue weighted by molar-refractivity contribution is 7.09. The van der Waals surface area contributed by atoms with Crippen LogP contribution in [0.3, 0.4) is 0 Å². The molecule has 25 heavy (non-hydrogen) atoms. The number of aromatic nitrogens is 1. The van der Waals surface area contributed by atoms with Gasteiger partial charge in [-0.2, -0.15) is 0 Å². The van der Waals surface area contributed by atoms with Gasteiger partial charge in [0, 0.05) is 31.6 Å². The zero-order valence-electron chi connectivity index (χ0n) is 15.8. The van der Waals surface area contributed by atoms with Crippen LogP contribution in [0.15, 0.2) is 5.38 Å². The van der Waals surface area contributed by atoms with Crippen LogP contribution < -0.4 is 5.32 Å². The summed E-state index contributed by atoms with van der Waals surface area (Å²) in [5.41, 5.74) is 0.673. The van der Waals surface area contributed by atoms with Gasteiger partial charge in [0.15, 0.2) is 0 Å². The highest BCUT2D eigenvalue weighted by atomic mass is 32.1. The summed E-state index contributed by atoms with van der Waals surface area (Å²) < 4.78 is 11.3. The number of hydrogen-bond donors (Lipinski definition) is 1. The summed E-state index contributed by atoms with van der Waals surface area (Å²) in [7, 11) is 0. The third-order valence-electron chi connectivity index (χ3n) is 3.92. The molecule has 1 saturated heterocycles. The minimum absolute atomic E-state index is 0.215. The summed E-state index contributed by atoms with van der Waals surface area (Å²) in [5.74, 6) is 0. The van der Waals surface area contributed by atoms with Gasteiger partial charge in [0.2, 0.25) is 0 Å². The average molecular weight is 370 g/mol. The van der Waals surface area contributed by atoms with Crippen LogP contribution in [0.2, 0.25) is 0 Å². The van der Waals surface area contributed by atoms with Crippen molar-refractivity contribution in [2.24, 2.45) is 0 Å². The van der Waals surface area contributed by atoms with Gasteiger partial charge in [-0.1, -0.05) is 0 Å². The summed E-state index contributed by atoms with van der Waals surface area (Å²) >= 11 is 1.68. The number of aryl methyl sites for hydroxylation is 1. The standard InChI is InChI=1S/C18H31N3O3S/c1-14-20-15(13-25-14)12-19-8-5-11-23-16-6-9-21(10-7-16)17(22)24-18(2,3)4/h13,16,19H,5-12H2,1-4H3. The molecular weight excluding hydrogens is 338 g/mol. The molecular formula is C18H31N3O3S. The van der Waals surface area contributed by atoms with Crippen molar-refractivity contribution in [3.63, 3.8) is 0 Å². The number of rotatable bonds is 7. The molecule has 0 aromatic carbocycles. The number of carbonyl (C=O) groups is 1. The molecule has 2 rings (SSSR count). The molecule has 0 radical (unpaired) electrons. The minimum Gasteiger partial charge on any atom is -0.444 e. The second-order valence-corrected chi connectivity index (χ2v) is 8.49. The van der Waals surface area contributed by atoms with Crippen LogP contribution in [0.5, 0.6) is 0 Å². The third-order valence-corrected chi connectivity index (χ3v) is 4.74. The first kappa shape index (κ1) is 20.1. The van der Waals surface area contributed by atoms with E-state index in [1.54, 1.807) is 16.2 Å². The fourth-order valence-electron chi connectivity index (χ4n) is 2.68. The van der Waals surface area contributed by atoms with Gasteiger partial charge in [0.05, 0.1) is 16.8 Å². The van der Waals surface area contributed by atoms with Crippen molar-refractivity contribution >= 4 is 17.4 Å². The van der Waals surface area contributed by atoms with Gasteiger partial charge in [-0.25, -0.2) is 9.78 Å². The number of hydrogen-bond acceptors (Lipinski definition) is 6. The smallest absolute Gasteiger partial charge is 0.410 e. The largest absolute Gasteiger partial charge is 0.444 e. The van der Waals surface area contributed by atoms with Gasteiger partial charge in [-0.05, 0) is 53.5 Å². The van der Waals surface area contributed by atoms with Crippen LogP contribution in [0, 0.1) is 6.92 Å². The number of piperidine rings is 1. The zero-order valence-corrected chi connectivity index (χ0v) is 16.7. The highest BCUT2D eigenvalue weighted by Crippen LogP contribution is 2.17. The first-order chi connectivity index (χ1) is 11.8. The Morgan fingerprint density at radius 2 is 2.12 bits per heavy atom. The predicted octanol–water partition coefficient (Wildman–Crippen LogP) is 3.35. The molecule has 1 fully saturated rings. The number of amides is 1. The summed E-state index contributed by atoms with van der Waals surface area (Å²) in [5, 5.41) is 6.59. The maximum absolute atomic E-state index is 12.0. The van der Waals surface area contributed by atoms with E-state index in [2.05, 4.69) is 15.7 Å². The Morgan fingerprint density at radius 3 is 2.72 bits per heavy atom. The van der Waals surface area contributed by atoms with Gasteiger partial charge in [-0.3, -0.25) is 0 Å². The molecule has 0 saturated carbocycles. The summed E-state index contributed by atoms with van der Waals surface area (Å²) in [4.78, 5) is 18.2. The molecule has 6 nitrogen and oxygen atoms in total. The Labute approximate surface area is 154 Å². The van der Waals surface area contributed by atoms with Crippen LogP contribution in [-0.4, -0.2) is 53.9 Å². The minimum atomic E-state index is -0.436. The summed E-state index contributed by atoms with van der Waals surface area (Å²) in [6.45, 7) is 11.6. The molecule has 2 heterocycles. The Hall–Kier alpha value is -1.18. The lowest BCUT2D eigenvalue weighted by Gasteiger charge is -2.33. The van der Waals surface area contributed by atoms with E-state index in [4.69, 9.17) is 9.47 Å². The second-order valence-electron chi connectivity index (χ2n) is 7.43. The number of nitrogens with one attached hydrogen (secondary N) is 1. The maximum Gasteiger partial charge on any atom is 0.410 e. The number of likely N-dealkylation sites (tertiary alicyclic amines) is 1. The van der Waals surface area contributed by atoms with E-state index in [9.17, 15) is 4.79 Å². The van der Waals surface area contributed by atoms with E-state index in [-0.39, 0.29) is 12.2 Å². The van der Waals surface area contributed by atoms with Gasteiger partial charge in [0.1, 0.15) is 5.60 Å². The molecule has 1 aromatic heterocycles. The van der Waals surface area contributed by atoms with E-state index in [1.807, 2.05) is 27.7 Å². The van der Waals surface area contributed by atoms with E-state index in [0.717, 1.165) is 49.7 Å². The first-order valence-corrected chi connectivity index (χ1v) is 9.93. The maximum atomic E-state index is 12.0. The predicted molar refractivity (Wildman–Crippen MR) is 100.0 cm³/mol. The van der Waals surface area contributed by atoms with Crippen LogP contribution in [0.1, 0.15) is 50.7 Å².